The highest BCUT2D eigenvalue weighted by atomic mass is 16.5. The Labute approximate surface area is 64.5 Å². The van der Waals surface area contributed by atoms with E-state index in [2.05, 4.69) is 10.1 Å². The van der Waals surface area contributed by atoms with Crippen molar-refractivity contribution in [3.8, 4) is 0 Å². The van der Waals surface area contributed by atoms with Gasteiger partial charge < -0.3 is 15.0 Å². The molecule has 1 atom stereocenters. The lowest BCUT2D eigenvalue weighted by Crippen LogP contribution is -2.17. The summed E-state index contributed by atoms with van der Waals surface area (Å²) < 4.78 is 9.56. The van der Waals surface area contributed by atoms with Gasteiger partial charge in [-0.3, -0.25) is 0 Å². The summed E-state index contributed by atoms with van der Waals surface area (Å²) in [4.78, 5) is 3.95. The first-order chi connectivity index (χ1) is 5.24. The van der Waals surface area contributed by atoms with Crippen molar-refractivity contribution in [2.24, 2.45) is 5.73 Å². The molecular weight excluding hydrogens is 146 g/mol. The highest BCUT2D eigenvalue weighted by Gasteiger charge is 2.11. The third kappa shape index (κ3) is 1.99. The number of hydrogen-bond acceptors (Lipinski definition) is 5. The van der Waals surface area contributed by atoms with Crippen LogP contribution >= 0.6 is 0 Å². The molecule has 0 aromatic carbocycles. The standard InChI is InChI=1S/C6H11N3O2/c1-4-8-6(9-11-4)5(7)3-10-2/h5H,3,7H2,1-2H3/t5-/m0/s1. The Bertz CT molecular complexity index is 223. The first-order valence-electron chi connectivity index (χ1n) is 3.28. The zero-order chi connectivity index (χ0) is 8.27. The van der Waals surface area contributed by atoms with Crippen molar-refractivity contribution in [1.82, 2.24) is 10.1 Å². The van der Waals surface area contributed by atoms with E-state index in [-0.39, 0.29) is 6.04 Å². The monoisotopic (exact) mass is 157 g/mol. The summed E-state index contributed by atoms with van der Waals surface area (Å²) >= 11 is 0. The summed E-state index contributed by atoms with van der Waals surface area (Å²) in [6.45, 7) is 2.12. The molecule has 0 spiro atoms. The van der Waals surface area contributed by atoms with Gasteiger partial charge in [0.25, 0.3) is 0 Å². The average molecular weight is 157 g/mol. The summed E-state index contributed by atoms with van der Waals surface area (Å²) in [5, 5.41) is 3.64. The number of rotatable bonds is 3. The molecule has 0 saturated heterocycles. The molecule has 0 fully saturated rings. The van der Waals surface area contributed by atoms with Gasteiger partial charge in [-0.2, -0.15) is 4.98 Å². The first-order valence-corrected chi connectivity index (χ1v) is 3.28. The Kier molecular flexibility index (Phi) is 2.56. The van der Waals surface area contributed by atoms with Crippen LogP contribution in [0.2, 0.25) is 0 Å². The molecular formula is C6H11N3O2. The Morgan fingerprint density at radius 2 is 2.45 bits per heavy atom. The van der Waals surface area contributed by atoms with Crippen LogP contribution in [0, 0.1) is 6.92 Å². The van der Waals surface area contributed by atoms with Gasteiger partial charge in [-0.25, -0.2) is 0 Å². The molecule has 2 N–H and O–H groups in total. The number of ether oxygens (including phenoxy) is 1. The third-order valence-corrected chi connectivity index (χ3v) is 1.22. The Morgan fingerprint density at radius 3 is 2.91 bits per heavy atom. The minimum Gasteiger partial charge on any atom is -0.383 e. The summed E-state index contributed by atoms with van der Waals surface area (Å²) in [5.74, 6) is 1.01. The van der Waals surface area contributed by atoms with Crippen LogP contribution in [0.4, 0.5) is 0 Å². The van der Waals surface area contributed by atoms with Gasteiger partial charge in [-0.15, -0.1) is 0 Å². The fourth-order valence-electron chi connectivity index (χ4n) is 0.720. The molecule has 0 saturated carbocycles. The smallest absolute Gasteiger partial charge is 0.223 e. The summed E-state index contributed by atoms with van der Waals surface area (Å²) in [6.07, 6.45) is 0. The molecule has 0 aliphatic heterocycles. The molecule has 0 unspecified atom stereocenters. The molecule has 62 valence electrons. The first kappa shape index (κ1) is 8.16. The number of aromatic nitrogens is 2. The molecule has 5 heteroatoms. The molecule has 0 bridgehead atoms. The molecule has 0 amide bonds. The van der Waals surface area contributed by atoms with Crippen LogP contribution in [0.25, 0.3) is 0 Å². The zero-order valence-corrected chi connectivity index (χ0v) is 6.57. The number of nitrogens with zero attached hydrogens (tertiary/aromatic N) is 2. The molecule has 0 aliphatic carbocycles. The van der Waals surface area contributed by atoms with Crippen LogP contribution in [0.5, 0.6) is 0 Å². The molecule has 11 heavy (non-hydrogen) atoms. The average Bonchev–Trinajstić information content (AvgIpc) is 2.36. The van der Waals surface area contributed by atoms with E-state index < -0.39 is 0 Å². The van der Waals surface area contributed by atoms with Crippen LogP contribution in [0.15, 0.2) is 4.52 Å². The lowest BCUT2D eigenvalue weighted by molar-refractivity contribution is 0.177. The highest BCUT2D eigenvalue weighted by Crippen LogP contribution is 2.04. The summed E-state index contributed by atoms with van der Waals surface area (Å²) in [6, 6.07) is -0.294. The fraction of sp³-hybridized carbons (Fsp3) is 0.667. The van der Waals surface area contributed by atoms with Gasteiger partial charge in [-0.05, 0) is 0 Å². The SMILES string of the molecule is COC[C@H](N)c1noc(C)n1. The van der Waals surface area contributed by atoms with Crippen molar-refractivity contribution >= 4 is 0 Å². The summed E-state index contributed by atoms with van der Waals surface area (Å²) in [5.41, 5.74) is 5.61. The maximum absolute atomic E-state index is 5.61. The van der Waals surface area contributed by atoms with Crippen molar-refractivity contribution in [2.45, 2.75) is 13.0 Å². The lowest BCUT2D eigenvalue weighted by Gasteiger charge is -2.02. The van der Waals surface area contributed by atoms with E-state index in [1.165, 1.54) is 0 Å². The topological polar surface area (TPSA) is 74.2 Å². The van der Waals surface area contributed by atoms with E-state index in [0.717, 1.165) is 0 Å². The van der Waals surface area contributed by atoms with E-state index in [4.69, 9.17) is 15.0 Å². The summed E-state index contributed by atoms with van der Waals surface area (Å²) in [7, 11) is 1.58. The number of nitrogens with two attached hydrogens (primary N) is 1. The second-order valence-corrected chi connectivity index (χ2v) is 2.23. The minimum absolute atomic E-state index is 0.294. The molecule has 1 rings (SSSR count). The van der Waals surface area contributed by atoms with Crippen LogP contribution in [-0.4, -0.2) is 23.9 Å². The van der Waals surface area contributed by atoms with E-state index in [9.17, 15) is 0 Å². The lowest BCUT2D eigenvalue weighted by atomic mass is 10.3. The maximum Gasteiger partial charge on any atom is 0.223 e. The van der Waals surface area contributed by atoms with Crippen LogP contribution in [-0.2, 0) is 4.74 Å². The van der Waals surface area contributed by atoms with Crippen molar-refractivity contribution in [3.63, 3.8) is 0 Å². The molecule has 0 aliphatic rings. The predicted octanol–water partition coefficient (Wildman–Crippen LogP) is 0.0242. The van der Waals surface area contributed by atoms with Crippen molar-refractivity contribution < 1.29 is 9.26 Å². The van der Waals surface area contributed by atoms with E-state index >= 15 is 0 Å². The highest BCUT2D eigenvalue weighted by molar-refractivity contribution is 4.91. The second kappa shape index (κ2) is 3.45. The van der Waals surface area contributed by atoms with Gasteiger partial charge in [0, 0.05) is 14.0 Å². The van der Waals surface area contributed by atoms with Crippen LogP contribution in [0.3, 0.4) is 0 Å². The van der Waals surface area contributed by atoms with Crippen LogP contribution < -0.4 is 5.73 Å². The third-order valence-electron chi connectivity index (χ3n) is 1.22. The van der Waals surface area contributed by atoms with Crippen molar-refractivity contribution in [3.05, 3.63) is 11.7 Å². The van der Waals surface area contributed by atoms with E-state index in [1.807, 2.05) is 0 Å². The molecule has 1 aromatic heterocycles. The Balaban J connectivity index is 2.60. The molecule has 1 aromatic rings. The number of methoxy groups -OCH3 is 1. The Morgan fingerprint density at radius 1 is 1.73 bits per heavy atom. The normalized spacial score (nSPS) is 13.4. The van der Waals surface area contributed by atoms with Crippen molar-refractivity contribution in [1.29, 1.82) is 0 Å². The van der Waals surface area contributed by atoms with Crippen LogP contribution in [0.1, 0.15) is 17.8 Å². The number of hydrogen-bond donors (Lipinski definition) is 1. The predicted molar refractivity (Wildman–Crippen MR) is 37.8 cm³/mol. The van der Waals surface area contributed by atoms with Gasteiger partial charge in [0.15, 0.2) is 5.82 Å². The van der Waals surface area contributed by atoms with Gasteiger partial charge in [0.1, 0.15) is 0 Å². The van der Waals surface area contributed by atoms with Gasteiger partial charge in [0.05, 0.1) is 12.6 Å². The zero-order valence-electron chi connectivity index (χ0n) is 6.57. The quantitative estimate of drug-likeness (QED) is 0.669. The van der Waals surface area contributed by atoms with Gasteiger partial charge in [0.2, 0.25) is 5.89 Å². The molecule has 5 nitrogen and oxygen atoms in total. The second-order valence-electron chi connectivity index (χ2n) is 2.23. The molecule has 1 heterocycles. The largest absolute Gasteiger partial charge is 0.383 e. The van der Waals surface area contributed by atoms with Gasteiger partial charge >= 0.3 is 0 Å². The van der Waals surface area contributed by atoms with E-state index in [1.54, 1.807) is 14.0 Å². The van der Waals surface area contributed by atoms with E-state index in [0.29, 0.717) is 18.3 Å². The minimum atomic E-state index is -0.294. The maximum atomic E-state index is 5.61. The van der Waals surface area contributed by atoms with Crippen molar-refractivity contribution in [2.75, 3.05) is 13.7 Å². The van der Waals surface area contributed by atoms with Gasteiger partial charge in [-0.1, -0.05) is 5.16 Å². The Hall–Kier alpha value is -0.940. The number of aryl methyl sites for hydroxylation is 1. The fourth-order valence-corrected chi connectivity index (χ4v) is 0.720. The molecule has 0 radical (unpaired) electrons.